The number of unbranched alkanes of at least 4 members (excludes halogenated alkanes) is 11. The molecule has 9 heteroatoms. The van der Waals surface area contributed by atoms with Crippen molar-refractivity contribution in [2.45, 2.75) is 230 Å². The first-order chi connectivity index (χ1) is 37.3. The third-order valence-corrected chi connectivity index (χ3v) is 12.5. The van der Waals surface area contributed by atoms with Crippen LogP contribution < -0.4 is 5.32 Å². The number of nitrogens with one attached hydrogen (secondary N) is 1. The van der Waals surface area contributed by atoms with E-state index in [2.05, 4.69) is 177 Å². The van der Waals surface area contributed by atoms with Gasteiger partial charge in [-0.25, -0.2) is 0 Å². The molecular formula is C67H105NO8. The van der Waals surface area contributed by atoms with Gasteiger partial charge in [0, 0.05) is 6.42 Å². The smallest absolute Gasteiger partial charge is 0.220 e. The van der Waals surface area contributed by atoms with Gasteiger partial charge in [-0.15, -0.1) is 0 Å². The van der Waals surface area contributed by atoms with Crippen molar-refractivity contribution in [3.8, 4) is 0 Å². The summed E-state index contributed by atoms with van der Waals surface area (Å²) in [5.41, 5.74) is 0. The summed E-state index contributed by atoms with van der Waals surface area (Å²) in [6, 6.07) is -0.858. The first-order valence-corrected chi connectivity index (χ1v) is 29.4. The van der Waals surface area contributed by atoms with Gasteiger partial charge in [0.15, 0.2) is 6.29 Å². The second-order valence-electron chi connectivity index (χ2n) is 19.3. The van der Waals surface area contributed by atoms with Crippen LogP contribution in [-0.4, -0.2) is 87.5 Å². The zero-order chi connectivity index (χ0) is 55.0. The molecule has 9 nitrogen and oxygen atoms in total. The van der Waals surface area contributed by atoms with Gasteiger partial charge in [-0.1, -0.05) is 229 Å². The van der Waals surface area contributed by atoms with E-state index in [1.807, 2.05) is 6.08 Å². The molecule has 0 radical (unpaired) electrons. The van der Waals surface area contributed by atoms with Crippen molar-refractivity contribution in [2.24, 2.45) is 0 Å². The lowest BCUT2D eigenvalue weighted by Gasteiger charge is -2.40. The third kappa shape index (κ3) is 42.6. The second-order valence-corrected chi connectivity index (χ2v) is 19.3. The van der Waals surface area contributed by atoms with Gasteiger partial charge in [0.1, 0.15) is 24.4 Å². The Hall–Kier alpha value is -4.45. The zero-order valence-electron chi connectivity index (χ0n) is 47.2. The summed E-state index contributed by atoms with van der Waals surface area (Å²) in [6.07, 6.45) is 80.0. The van der Waals surface area contributed by atoms with Crippen LogP contribution in [0.1, 0.15) is 187 Å². The van der Waals surface area contributed by atoms with Gasteiger partial charge in [0.2, 0.25) is 5.91 Å². The standard InChI is InChI=1S/C67H105NO8/c1-3-5-7-9-11-13-15-17-19-20-21-22-23-24-25-26-27-28-29-30-31-32-33-34-35-36-37-38-39-40-41-42-43-45-47-49-51-53-55-57-63(71)68-60(59-75-67-66(74)65(73)64(72)62(58-69)76-67)61(70)56-54-52-50-48-46-44-18-16-14-12-10-8-6-4-2/h5,7,11,13,17,19,21-22,24-25,27-28,30-31,33-34,36-37,39-40,42-43,46-49,54,56,60-62,64-67,69-70,72-74H,3-4,6,8-10,12,14-16,18,20,23,26,29,32,35,38,41,44-45,50-53,55,57-59H2,1-2H3,(H,68,71)/b7-5-,13-11-,19-17-,22-21-,25-24-,28-27-,31-30-,34-33-,37-36-,40-39-,43-42-,48-46+,49-47-,56-54+. The monoisotopic (exact) mass is 1050 g/mol. The number of aliphatic hydroxyl groups is 5. The van der Waals surface area contributed by atoms with Crippen LogP contribution in [-0.2, 0) is 14.3 Å². The van der Waals surface area contributed by atoms with Gasteiger partial charge in [-0.2, -0.15) is 0 Å². The molecule has 0 aromatic carbocycles. The van der Waals surface area contributed by atoms with Crippen LogP contribution in [0, 0.1) is 0 Å². The van der Waals surface area contributed by atoms with Crippen LogP contribution in [0.25, 0.3) is 0 Å². The van der Waals surface area contributed by atoms with Gasteiger partial charge in [-0.3, -0.25) is 4.79 Å². The average Bonchev–Trinajstić information content (AvgIpc) is 3.42. The van der Waals surface area contributed by atoms with Gasteiger partial charge in [0.25, 0.3) is 0 Å². The molecule has 426 valence electrons. The van der Waals surface area contributed by atoms with Gasteiger partial charge in [-0.05, 0) is 122 Å². The molecule has 1 amide bonds. The van der Waals surface area contributed by atoms with E-state index in [9.17, 15) is 30.3 Å². The largest absolute Gasteiger partial charge is 0.394 e. The Morgan fingerprint density at radius 1 is 0.461 bits per heavy atom. The van der Waals surface area contributed by atoms with E-state index in [0.717, 1.165) is 109 Å². The fourth-order valence-corrected chi connectivity index (χ4v) is 7.92. The molecule has 1 rings (SSSR count). The number of allylic oxidation sites excluding steroid dienone is 27. The number of aliphatic hydroxyl groups excluding tert-OH is 5. The molecule has 7 unspecified atom stereocenters. The van der Waals surface area contributed by atoms with Crippen molar-refractivity contribution in [3.05, 3.63) is 170 Å². The van der Waals surface area contributed by atoms with Crippen LogP contribution in [0.2, 0.25) is 0 Å². The number of carbonyl (C=O) groups is 1. The topological polar surface area (TPSA) is 149 Å². The Morgan fingerprint density at radius 3 is 1.26 bits per heavy atom. The fraction of sp³-hybridized carbons (Fsp3) is 0.567. The Morgan fingerprint density at radius 2 is 0.829 bits per heavy atom. The lowest BCUT2D eigenvalue weighted by Crippen LogP contribution is -2.60. The highest BCUT2D eigenvalue weighted by Gasteiger charge is 2.44. The van der Waals surface area contributed by atoms with Gasteiger partial charge >= 0.3 is 0 Å². The molecule has 6 N–H and O–H groups in total. The number of hydrogen-bond donors (Lipinski definition) is 6. The molecule has 0 saturated carbocycles. The Labute approximate surface area is 462 Å². The van der Waals surface area contributed by atoms with Crippen LogP contribution in [0.4, 0.5) is 0 Å². The van der Waals surface area contributed by atoms with Crippen molar-refractivity contribution >= 4 is 5.91 Å². The number of carbonyl (C=O) groups excluding carboxylic acids is 1. The number of rotatable bonds is 47. The SMILES string of the molecule is CC/C=C\C/C=C\C/C=C\C/C=C\C/C=C\C/C=C\C/C=C\C/C=C\C/C=C\C/C=C\C/C=C\C/C=C\CCCCC(=O)NC(COC1OC(CO)C(O)C(O)C1O)C(O)/C=C/CC/C=C/CCCCCCCCCC. The van der Waals surface area contributed by atoms with Crippen molar-refractivity contribution in [1.82, 2.24) is 5.32 Å². The quantitative estimate of drug-likeness (QED) is 0.0261. The molecular weight excluding hydrogens is 947 g/mol. The summed E-state index contributed by atoms with van der Waals surface area (Å²) >= 11 is 0. The van der Waals surface area contributed by atoms with Crippen molar-refractivity contribution < 1.29 is 39.8 Å². The lowest BCUT2D eigenvalue weighted by molar-refractivity contribution is -0.302. The van der Waals surface area contributed by atoms with Crippen molar-refractivity contribution in [2.75, 3.05) is 13.2 Å². The summed E-state index contributed by atoms with van der Waals surface area (Å²) in [5, 5.41) is 54.3. The Balaban J connectivity index is 2.25. The predicted octanol–water partition coefficient (Wildman–Crippen LogP) is 15.0. The molecule has 0 bridgehead atoms. The molecule has 1 aliphatic rings. The van der Waals surface area contributed by atoms with E-state index in [0.29, 0.717) is 6.42 Å². The summed E-state index contributed by atoms with van der Waals surface area (Å²) < 4.78 is 11.2. The normalized spacial score (nSPS) is 20.1. The third-order valence-electron chi connectivity index (χ3n) is 12.5. The molecule has 7 atom stereocenters. The van der Waals surface area contributed by atoms with Crippen LogP contribution in [0.3, 0.4) is 0 Å². The summed E-state index contributed by atoms with van der Waals surface area (Å²) in [6.45, 7) is 3.59. The van der Waals surface area contributed by atoms with Gasteiger partial charge < -0.3 is 40.3 Å². The first-order valence-electron chi connectivity index (χ1n) is 29.4. The molecule has 1 fully saturated rings. The maximum Gasteiger partial charge on any atom is 0.220 e. The van der Waals surface area contributed by atoms with E-state index >= 15 is 0 Å². The molecule has 1 aliphatic heterocycles. The molecule has 1 saturated heterocycles. The van der Waals surface area contributed by atoms with E-state index in [1.54, 1.807) is 6.08 Å². The zero-order valence-corrected chi connectivity index (χ0v) is 47.2. The fourth-order valence-electron chi connectivity index (χ4n) is 7.92. The molecule has 0 aromatic rings. The van der Waals surface area contributed by atoms with Crippen LogP contribution in [0.15, 0.2) is 170 Å². The minimum Gasteiger partial charge on any atom is -0.394 e. The highest BCUT2D eigenvalue weighted by molar-refractivity contribution is 5.76. The summed E-state index contributed by atoms with van der Waals surface area (Å²) in [7, 11) is 0. The number of amides is 1. The summed E-state index contributed by atoms with van der Waals surface area (Å²) in [5.74, 6) is -0.238. The maximum absolute atomic E-state index is 13.0. The predicted molar refractivity (Wildman–Crippen MR) is 322 cm³/mol. The Bertz CT molecular complexity index is 1790. The molecule has 0 spiro atoms. The van der Waals surface area contributed by atoms with E-state index < -0.39 is 49.5 Å². The lowest BCUT2D eigenvalue weighted by atomic mass is 9.99. The summed E-state index contributed by atoms with van der Waals surface area (Å²) in [4.78, 5) is 13.0. The second kappa shape index (κ2) is 53.9. The van der Waals surface area contributed by atoms with Crippen LogP contribution >= 0.6 is 0 Å². The van der Waals surface area contributed by atoms with Gasteiger partial charge in [0.05, 0.1) is 25.4 Å². The average molecular weight is 1050 g/mol. The van der Waals surface area contributed by atoms with E-state index in [-0.39, 0.29) is 18.9 Å². The minimum absolute atomic E-state index is 0.230. The highest BCUT2D eigenvalue weighted by Crippen LogP contribution is 2.22. The van der Waals surface area contributed by atoms with E-state index in [1.165, 1.54) is 51.4 Å². The highest BCUT2D eigenvalue weighted by atomic mass is 16.7. The molecule has 76 heavy (non-hydrogen) atoms. The molecule has 0 aromatic heterocycles. The Kier molecular flexibility index (Phi) is 49.4. The first kappa shape index (κ1) is 69.6. The molecule has 1 heterocycles. The van der Waals surface area contributed by atoms with E-state index in [4.69, 9.17) is 9.47 Å². The number of ether oxygens (including phenoxy) is 2. The van der Waals surface area contributed by atoms with Crippen molar-refractivity contribution in [1.29, 1.82) is 0 Å². The van der Waals surface area contributed by atoms with Crippen LogP contribution in [0.5, 0.6) is 0 Å². The minimum atomic E-state index is -1.59. The molecule has 0 aliphatic carbocycles. The number of hydrogen-bond acceptors (Lipinski definition) is 8. The maximum atomic E-state index is 13.0. The van der Waals surface area contributed by atoms with Crippen molar-refractivity contribution in [3.63, 3.8) is 0 Å².